The van der Waals surface area contributed by atoms with Crippen LogP contribution in [0, 0.1) is 13.8 Å². The average molecular weight is 302 g/mol. The van der Waals surface area contributed by atoms with Gasteiger partial charge in [-0.3, -0.25) is 0 Å². The lowest BCUT2D eigenvalue weighted by Gasteiger charge is -2.10. The van der Waals surface area contributed by atoms with Crippen molar-refractivity contribution in [3.8, 4) is 5.75 Å². The first kappa shape index (κ1) is 15.9. The summed E-state index contributed by atoms with van der Waals surface area (Å²) in [5.41, 5.74) is 9.09. The number of rotatable bonds is 7. The fourth-order valence-electron chi connectivity index (χ4n) is 2.11. The van der Waals surface area contributed by atoms with E-state index >= 15 is 0 Å². The summed E-state index contributed by atoms with van der Waals surface area (Å²) in [4.78, 5) is 4.52. The van der Waals surface area contributed by atoms with Gasteiger partial charge in [0.15, 0.2) is 0 Å². The van der Waals surface area contributed by atoms with Crippen molar-refractivity contribution in [1.29, 1.82) is 0 Å². The third-order valence-electron chi connectivity index (χ3n) is 3.06. The van der Waals surface area contributed by atoms with Crippen LogP contribution in [0.25, 0.3) is 0 Å². The minimum atomic E-state index is 0.511. The van der Waals surface area contributed by atoms with Gasteiger partial charge in [0, 0.05) is 23.6 Å². The molecule has 0 radical (unpaired) electrons. The standard InChI is InChI=1S/C17H22N2OS/c1-13-10-14(2)19-17(11-13)21-9-5-8-20-16-7-4-3-6-15(16)12-18/h3-4,6-7,10-11H,5,8-9,12,18H2,1-2H3. The molecule has 112 valence electrons. The maximum absolute atomic E-state index is 5.80. The van der Waals surface area contributed by atoms with Crippen LogP contribution in [0.4, 0.5) is 0 Å². The third-order valence-corrected chi connectivity index (χ3v) is 4.06. The van der Waals surface area contributed by atoms with E-state index in [-0.39, 0.29) is 0 Å². The minimum absolute atomic E-state index is 0.511. The molecule has 0 saturated carbocycles. The van der Waals surface area contributed by atoms with Crippen LogP contribution >= 0.6 is 11.8 Å². The van der Waals surface area contributed by atoms with Gasteiger partial charge < -0.3 is 10.5 Å². The summed E-state index contributed by atoms with van der Waals surface area (Å²) in [6.45, 7) is 5.35. The largest absolute Gasteiger partial charge is 0.493 e. The first-order chi connectivity index (χ1) is 10.2. The summed E-state index contributed by atoms with van der Waals surface area (Å²) >= 11 is 1.78. The number of aryl methyl sites for hydroxylation is 2. The molecule has 0 aliphatic heterocycles. The summed E-state index contributed by atoms with van der Waals surface area (Å²) in [6.07, 6.45) is 0.984. The predicted molar refractivity (Wildman–Crippen MR) is 88.9 cm³/mol. The van der Waals surface area contributed by atoms with Crippen molar-refractivity contribution in [3.63, 3.8) is 0 Å². The van der Waals surface area contributed by atoms with E-state index < -0.39 is 0 Å². The van der Waals surface area contributed by atoms with Gasteiger partial charge >= 0.3 is 0 Å². The molecule has 0 amide bonds. The Bertz CT molecular complexity index is 567. The minimum Gasteiger partial charge on any atom is -0.493 e. The molecule has 21 heavy (non-hydrogen) atoms. The quantitative estimate of drug-likeness (QED) is 0.625. The Kier molecular flexibility index (Phi) is 6.08. The van der Waals surface area contributed by atoms with Crippen LogP contribution in [0.3, 0.4) is 0 Å². The second-order valence-corrected chi connectivity index (χ2v) is 6.10. The van der Waals surface area contributed by atoms with Gasteiger partial charge in [0.2, 0.25) is 0 Å². The van der Waals surface area contributed by atoms with Crippen LogP contribution in [0.15, 0.2) is 41.4 Å². The zero-order valence-corrected chi connectivity index (χ0v) is 13.5. The Balaban J connectivity index is 1.75. The summed E-state index contributed by atoms with van der Waals surface area (Å²) < 4.78 is 5.80. The Morgan fingerprint density at radius 2 is 2.00 bits per heavy atom. The lowest BCUT2D eigenvalue weighted by molar-refractivity contribution is 0.315. The van der Waals surface area contributed by atoms with Crippen molar-refractivity contribution in [2.45, 2.75) is 31.8 Å². The van der Waals surface area contributed by atoms with Crippen molar-refractivity contribution >= 4 is 11.8 Å². The first-order valence-corrected chi connectivity index (χ1v) is 8.16. The molecule has 2 aromatic rings. The van der Waals surface area contributed by atoms with Crippen molar-refractivity contribution in [2.24, 2.45) is 5.73 Å². The molecule has 2 rings (SSSR count). The maximum Gasteiger partial charge on any atom is 0.123 e. The summed E-state index contributed by atoms with van der Waals surface area (Å²) in [6, 6.07) is 12.2. The van der Waals surface area contributed by atoms with Gasteiger partial charge in [0.1, 0.15) is 5.75 Å². The highest BCUT2D eigenvalue weighted by molar-refractivity contribution is 7.99. The predicted octanol–water partition coefficient (Wildman–Crippen LogP) is 3.72. The van der Waals surface area contributed by atoms with Crippen LogP contribution in [-0.4, -0.2) is 17.3 Å². The molecule has 1 aromatic heterocycles. The summed E-state index contributed by atoms with van der Waals surface area (Å²) in [5.74, 6) is 1.90. The number of aromatic nitrogens is 1. The molecule has 0 bridgehead atoms. The Morgan fingerprint density at radius 1 is 1.19 bits per heavy atom. The SMILES string of the molecule is Cc1cc(C)nc(SCCCOc2ccccc2CN)c1. The molecule has 4 heteroatoms. The first-order valence-electron chi connectivity index (χ1n) is 7.18. The Morgan fingerprint density at radius 3 is 2.76 bits per heavy atom. The van der Waals surface area contributed by atoms with Crippen LogP contribution in [-0.2, 0) is 6.54 Å². The number of pyridine rings is 1. The molecule has 3 nitrogen and oxygen atoms in total. The molecule has 0 saturated heterocycles. The number of benzene rings is 1. The van der Waals surface area contributed by atoms with Gasteiger partial charge in [0.25, 0.3) is 0 Å². The maximum atomic E-state index is 5.80. The van der Waals surface area contributed by atoms with Crippen molar-refractivity contribution < 1.29 is 4.74 Å². The van der Waals surface area contributed by atoms with E-state index in [1.54, 1.807) is 11.8 Å². The number of ether oxygens (including phenoxy) is 1. The number of nitrogens with zero attached hydrogens (tertiary/aromatic N) is 1. The van der Waals surface area contributed by atoms with Crippen LogP contribution < -0.4 is 10.5 Å². The number of nitrogens with two attached hydrogens (primary N) is 1. The van der Waals surface area contributed by atoms with E-state index in [0.717, 1.165) is 34.2 Å². The number of hydrogen-bond acceptors (Lipinski definition) is 4. The van der Waals surface area contributed by atoms with E-state index in [2.05, 4.69) is 24.0 Å². The second kappa shape index (κ2) is 8.05. The smallest absolute Gasteiger partial charge is 0.123 e. The van der Waals surface area contributed by atoms with Crippen LogP contribution in [0.5, 0.6) is 5.75 Å². The molecule has 0 aliphatic rings. The highest BCUT2D eigenvalue weighted by Crippen LogP contribution is 2.20. The van der Waals surface area contributed by atoms with Gasteiger partial charge in [-0.15, -0.1) is 11.8 Å². The zero-order chi connectivity index (χ0) is 15.1. The van der Waals surface area contributed by atoms with Crippen LogP contribution in [0.1, 0.15) is 23.2 Å². The fourth-order valence-corrected chi connectivity index (χ4v) is 3.06. The monoisotopic (exact) mass is 302 g/mol. The molecule has 1 aromatic carbocycles. The van der Waals surface area contributed by atoms with Gasteiger partial charge in [-0.25, -0.2) is 4.98 Å². The van der Waals surface area contributed by atoms with Gasteiger partial charge in [-0.05, 0) is 44.0 Å². The van der Waals surface area contributed by atoms with Gasteiger partial charge in [-0.2, -0.15) is 0 Å². The van der Waals surface area contributed by atoms with Gasteiger partial charge in [0.05, 0.1) is 11.6 Å². The van der Waals surface area contributed by atoms with E-state index in [1.165, 1.54) is 5.56 Å². The topological polar surface area (TPSA) is 48.1 Å². The van der Waals surface area contributed by atoms with E-state index in [4.69, 9.17) is 10.5 Å². The normalized spacial score (nSPS) is 10.6. The van der Waals surface area contributed by atoms with Crippen molar-refractivity contribution in [1.82, 2.24) is 4.98 Å². The number of para-hydroxylation sites is 1. The summed E-state index contributed by atoms with van der Waals surface area (Å²) in [7, 11) is 0. The Hall–Kier alpha value is -1.52. The van der Waals surface area contributed by atoms with E-state index in [9.17, 15) is 0 Å². The van der Waals surface area contributed by atoms with Crippen LogP contribution in [0.2, 0.25) is 0 Å². The molecular formula is C17H22N2OS. The zero-order valence-electron chi connectivity index (χ0n) is 12.6. The Labute approximate surface area is 130 Å². The molecule has 0 atom stereocenters. The summed E-state index contributed by atoms with van der Waals surface area (Å²) in [5, 5.41) is 1.09. The molecule has 0 spiro atoms. The molecule has 2 N–H and O–H groups in total. The van der Waals surface area contributed by atoms with Crippen molar-refractivity contribution in [2.75, 3.05) is 12.4 Å². The molecule has 0 unspecified atom stereocenters. The lowest BCUT2D eigenvalue weighted by atomic mass is 10.2. The average Bonchev–Trinajstić information content (AvgIpc) is 2.46. The molecular weight excluding hydrogens is 280 g/mol. The van der Waals surface area contributed by atoms with Gasteiger partial charge in [-0.1, -0.05) is 18.2 Å². The fraction of sp³-hybridized carbons (Fsp3) is 0.353. The lowest BCUT2D eigenvalue weighted by Crippen LogP contribution is -2.04. The second-order valence-electron chi connectivity index (χ2n) is 4.99. The molecule has 0 fully saturated rings. The number of hydrogen-bond donors (Lipinski definition) is 1. The highest BCUT2D eigenvalue weighted by Gasteiger charge is 2.02. The van der Waals surface area contributed by atoms with Crippen molar-refractivity contribution in [3.05, 3.63) is 53.2 Å². The molecule has 1 heterocycles. The third kappa shape index (κ3) is 5.06. The van der Waals surface area contributed by atoms with E-state index in [1.807, 2.05) is 31.2 Å². The number of thioether (sulfide) groups is 1. The highest BCUT2D eigenvalue weighted by atomic mass is 32.2. The molecule has 0 aliphatic carbocycles. The van der Waals surface area contributed by atoms with E-state index in [0.29, 0.717) is 13.2 Å².